The quantitative estimate of drug-likeness (QED) is 0.722. The van der Waals surface area contributed by atoms with Crippen molar-refractivity contribution in [3.63, 3.8) is 0 Å². The lowest BCUT2D eigenvalue weighted by atomic mass is 9.80. The molecule has 2 aromatic heterocycles. The fraction of sp³-hybridized carbons (Fsp3) is 0.267. The number of alkyl halides is 3. The lowest BCUT2D eigenvalue weighted by Gasteiger charge is -2.44. The minimum Gasteiger partial charge on any atom is -0.363 e. The number of urea groups is 1. The molecule has 0 saturated carbocycles. The van der Waals surface area contributed by atoms with Gasteiger partial charge in [0.25, 0.3) is 0 Å². The molecule has 6 nitrogen and oxygen atoms in total. The summed E-state index contributed by atoms with van der Waals surface area (Å²) in [6, 6.07) is 4.60. The summed E-state index contributed by atoms with van der Waals surface area (Å²) in [5, 5.41) is 15.6. The summed E-state index contributed by atoms with van der Waals surface area (Å²) in [6.45, 7) is 0. The Kier molecular flexibility index (Phi) is 4.25. The van der Waals surface area contributed by atoms with Crippen molar-refractivity contribution in [1.29, 1.82) is 0 Å². The highest BCUT2D eigenvalue weighted by Crippen LogP contribution is 2.43. The number of hydrogen-bond acceptors (Lipinski definition) is 5. The van der Waals surface area contributed by atoms with Crippen LogP contribution in [0.1, 0.15) is 21.4 Å². The number of amides is 2. The summed E-state index contributed by atoms with van der Waals surface area (Å²) in [5.74, 6) is -2.99. The molecule has 1 aliphatic rings. The molecule has 0 aliphatic carbocycles. The number of pyridine rings is 1. The third-order valence-electron chi connectivity index (χ3n) is 3.86. The number of aliphatic hydroxyl groups is 1. The van der Waals surface area contributed by atoms with Gasteiger partial charge in [0.15, 0.2) is 5.78 Å². The number of carbonyl (C=O) groups excluding carboxylic acids is 2. The Labute approximate surface area is 143 Å². The van der Waals surface area contributed by atoms with Gasteiger partial charge in [0.2, 0.25) is 5.72 Å². The standard InChI is InChI=1S/C15H12F3N3O3S/c16-15(17,18)14(24)10(12(22)9-5-3-7-25-9)11(20-13(23)21-14)8-4-1-2-6-19-8/h1-7,10-11,24H,(H2,20,21,23)/t10-,11-,14-/m1/s1. The van der Waals surface area contributed by atoms with E-state index in [1.807, 2.05) is 0 Å². The second-order valence-electron chi connectivity index (χ2n) is 5.41. The van der Waals surface area contributed by atoms with E-state index in [0.29, 0.717) is 0 Å². The molecule has 0 bridgehead atoms. The SMILES string of the molecule is O=C1N[C@H](c2ccccn2)[C@H](C(=O)c2cccs2)[C@@](O)(C(F)(F)F)N1. The normalized spacial score (nSPS) is 26.6. The van der Waals surface area contributed by atoms with Crippen molar-refractivity contribution in [3.8, 4) is 0 Å². The number of halogens is 3. The molecule has 0 aromatic carbocycles. The molecule has 1 aliphatic heterocycles. The molecule has 0 radical (unpaired) electrons. The Hall–Kier alpha value is -2.46. The van der Waals surface area contributed by atoms with Crippen molar-refractivity contribution < 1.29 is 27.9 Å². The number of nitrogens with zero attached hydrogens (tertiary/aromatic N) is 1. The second-order valence-corrected chi connectivity index (χ2v) is 6.36. The van der Waals surface area contributed by atoms with Gasteiger partial charge in [0.05, 0.1) is 16.6 Å². The largest absolute Gasteiger partial charge is 0.437 e. The monoisotopic (exact) mass is 371 g/mol. The number of aromatic nitrogens is 1. The predicted molar refractivity (Wildman–Crippen MR) is 81.8 cm³/mol. The van der Waals surface area contributed by atoms with Crippen LogP contribution in [0.5, 0.6) is 0 Å². The predicted octanol–water partition coefficient (Wildman–Crippen LogP) is 2.25. The van der Waals surface area contributed by atoms with Crippen LogP contribution in [-0.2, 0) is 0 Å². The average Bonchev–Trinajstić information content (AvgIpc) is 3.08. The molecule has 10 heteroatoms. The van der Waals surface area contributed by atoms with Crippen LogP contribution in [0.4, 0.5) is 18.0 Å². The Bertz CT molecular complexity index is 782. The zero-order valence-electron chi connectivity index (χ0n) is 12.4. The first-order valence-electron chi connectivity index (χ1n) is 7.10. The molecule has 0 unspecified atom stereocenters. The Morgan fingerprint density at radius 2 is 2.04 bits per heavy atom. The maximum atomic E-state index is 13.6. The molecule has 3 atom stereocenters. The lowest BCUT2D eigenvalue weighted by molar-refractivity contribution is -0.287. The average molecular weight is 371 g/mol. The first-order valence-corrected chi connectivity index (χ1v) is 7.98. The molecule has 1 saturated heterocycles. The maximum Gasteiger partial charge on any atom is 0.437 e. The van der Waals surface area contributed by atoms with E-state index in [1.165, 1.54) is 41.2 Å². The number of rotatable bonds is 3. The fourth-order valence-corrected chi connectivity index (χ4v) is 3.42. The summed E-state index contributed by atoms with van der Waals surface area (Å²) < 4.78 is 40.7. The molecule has 2 aromatic rings. The van der Waals surface area contributed by atoms with Crippen LogP contribution in [0.2, 0.25) is 0 Å². The Morgan fingerprint density at radius 1 is 1.28 bits per heavy atom. The van der Waals surface area contributed by atoms with Crippen molar-refractivity contribution in [2.24, 2.45) is 5.92 Å². The lowest BCUT2D eigenvalue weighted by Crippen LogP contribution is -2.72. The molecule has 1 fully saturated rings. The highest BCUT2D eigenvalue weighted by Gasteiger charge is 2.66. The minimum atomic E-state index is -5.27. The van der Waals surface area contributed by atoms with Gasteiger partial charge < -0.3 is 15.7 Å². The second kappa shape index (κ2) is 6.12. The van der Waals surface area contributed by atoms with Gasteiger partial charge in [-0.05, 0) is 23.6 Å². The van der Waals surface area contributed by atoms with Gasteiger partial charge in [0, 0.05) is 6.20 Å². The van der Waals surface area contributed by atoms with E-state index >= 15 is 0 Å². The summed E-state index contributed by atoms with van der Waals surface area (Å²) >= 11 is 0.945. The van der Waals surface area contributed by atoms with Crippen molar-refractivity contribution in [2.45, 2.75) is 17.9 Å². The highest BCUT2D eigenvalue weighted by atomic mass is 32.1. The van der Waals surface area contributed by atoms with E-state index in [4.69, 9.17) is 0 Å². The summed E-state index contributed by atoms with van der Waals surface area (Å²) in [6.07, 6.45) is -3.95. The smallest absolute Gasteiger partial charge is 0.363 e. The van der Waals surface area contributed by atoms with Crippen molar-refractivity contribution in [2.75, 3.05) is 0 Å². The Morgan fingerprint density at radius 3 is 2.60 bits per heavy atom. The van der Waals surface area contributed by atoms with Gasteiger partial charge in [-0.1, -0.05) is 12.1 Å². The molecular weight excluding hydrogens is 359 g/mol. The third kappa shape index (κ3) is 2.98. The molecule has 2 amide bonds. The molecule has 3 rings (SSSR count). The molecule has 132 valence electrons. The van der Waals surface area contributed by atoms with E-state index < -0.39 is 35.7 Å². The highest BCUT2D eigenvalue weighted by molar-refractivity contribution is 7.12. The first-order chi connectivity index (χ1) is 11.7. The van der Waals surface area contributed by atoms with Crippen LogP contribution in [-0.4, -0.2) is 33.8 Å². The van der Waals surface area contributed by atoms with E-state index in [2.05, 4.69) is 10.3 Å². The van der Waals surface area contributed by atoms with Crippen LogP contribution in [0, 0.1) is 5.92 Å². The van der Waals surface area contributed by atoms with Crippen molar-refractivity contribution in [1.82, 2.24) is 15.6 Å². The van der Waals surface area contributed by atoms with Crippen LogP contribution in [0.15, 0.2) is 41.9 Å². The number of thiophene rings is 1. The first kappa shape index (κ1) is 17.4. The number of carbonyl (C=O) groups is 2. The zero-order valence-corrected chi connectivity index (χ0v) is 13.3. The van der Waals surface area contributed by atoms with Gasteiger partial charge >= 0.3 is 12.2 Å². The van der Waals surface area contributed by atoms with Gasteiger partial charge in [-0.15, -0.1) is 11.3 Å². The van der Waals surface area contributed by atoms with E-state index in [1.54, 1.807) is 6.07 Å². The number of nitrogens with one attached hydrogen (secondary N) is 2. The van der Waals surface area contributed by atoms with Crippen LogP contribution >= 0.6 is 11.3 Å². The van der Waals surface area contributed by atoms with Crippen LogP contribution in [0.25, 0.3) is 0 Å². The van der Waals surface area contributed by atoms with Gasteiger partial charge in [-0.3, -0.25) is 9.78 Å². The van der Waals surface area contributed by atoms with Gasteiger partial charge in [-0.2, -0.15) is 13.2 Å². The van der Waals surface area contributed by atoms with E-state index in [0.717, 1.165) is 11.3 Å². The van der Waals surface area contributed by atoms with Crippen LogP contribution < -0.4 is 10.6 Å². The topological polar surface area (TPSA) is 91.3 Å². The van der Waals surface area contributed by atoms with E-state index in [-0.39, 0.29) is 10.6 Å². The molecule has 0 spiro atoms. The summed E-state index contributed by atoms with van der Waals surface area (Å²) in [7, 11) is 0. The number of hydrogen-bond donors (Lipinski definition) is 3. The third-order valence-corrected chi connectivity index (χ3v) is 4.74. The summed E-state index contributed by atoms with van der Waals surface area (Å²) in [4.78, 5) is 28.5. The van der Waals surface area contributed by atoms with Crippen molar-refractivity contribution >= 4 is 23.2 Å². The molecule has 3 heterocycles. The van der Waals surface area contributed by atoms with Crippen LogP contribution in [0.3, 0.4) is 0 Å². The van der Waals surface area contributed by atoms with Gasteiger partial charge in [-0.25, -0.2) is 4.79 Å². The van der Waals surface area contributed by atoms with E-state index in [9.17, 15) is 27.9 Å². The molecule has 25 heavy (non-hydrogen) atoms. The molecule has 3 N–H and O–H groups in total. The van der Waals surface area contributed by atoms with Crippen molar-refractivity contribution in [3.05, 3.63) is 52.5 Å². The summed E-state index contributed by atoms with van der Waals surface area (Å²) in [5.41, 5.74) is -3.69. The minimum absolute atomic E-state index is 0.0338. The molecular formula is C15H12F3N3O3S. The zero-order chi connectivity index (χ0) is 18.2. The number of Topliss-reactive ketones (excluding diaryl/α,β-unsaturated/α-hetero) is 1. The Balaban J connectivity index is 2.15. The number of ketones is 1. The van der Waals surface area contributed by atoms with Gasteiger partial charge in [0.1, 0.15) is 5.92 Å². The fourth-order valence-electron chi connectivity index (χ4n) is 2.72. The maximum absolute atomic E-state index is 13.6.